The van der Waals surface area contributed by atoms with E-state index in [1.165, 1.54) is 27.5 Å². The van der Waals surface area contributed by atoms with Crippen LogP contribution in [0.2, 0.25) is 0 Å². The quantitative estimate of drug-likeness (QED) is 0.297. The van der Waals surface area contributed by atoms with E-state index in [1.54, 1.807) is 36.4 Å². The molecule has 3 amide bonds. The van der Waals surface area contributed by atoms with E-state index in [1.807, 2.05) is 48.5 Å². The standard InChI is InChI=1S/C30H21N3O5S2/c34-22(31-20-13-6-9-17-8-4-5-12-19(17)20)16-32-29-26(40-30(32)37)23(21-14-7-15-38-21)24-25(39-29)28(36)33(27(24)35)18-10-2-1-3-11-18/h1-15,23-25H,16H2,(H,31,34)/t23-,24?,25?/m1/s1. The van der Waals surface area contributed by atoms with Crippen molar-refractivity contribution in [2.75, 3.05) is 10.2 Å². The molecule has 4 heterocycles. The molecular weight excluding hydrogens is 546 g/mol. The van der Waals surface area contributed by atoms with Crippen LogP contribution in [0.4, 0.5) is 11.4 Å². The Kier molecular flexibility index (Phi) is 5.94. The van der Waals surface area contributed by atoms with Crippen molar-refractivity contribution in [3.05, 3.63) is 111 Å². The molecule has 2 aliphatic rings. The Morgan fingerprint density at radius 2 is 1.65 bits per heavy atom. The Hall–Kier alpha value is -4.41. The summed E-state index contributed by atoms with van der Waals surface area (Å²) in [6.45, 7) is -0.228. The summed E-state index contributed by atoms with van der Waals surface area (Å²) in [6, 6.07) is 25.7. The van der Waals surface area contributed by atoms with E-state index in [4.69, 9.17) is 4.42 Å². The van der Waals surface area contributed by atoms with Gasteiger partial charge in [-0.3, -0.25) is 23.7 Å². The van der Waals surface area contributed by atoms with Crippen LogP contribution in [-0.4, -0.2) is 27.5 Å². The fraction of sp³-hybridized carbons (Fsp3) is 0.133. The van der Waals surface area contributed by atoms with E-state index in [0.29, 0.717) is 27.0 Å². The summed E-state index contributed by atoms with van der Waals surface area (Å²) in [6.07, 6.45) is 1.51. The molecule has 3 aromatic carbocycles. The van der Waals surface area contributed by atoms with Gasteiger partial charge in [0, 0.05) is 11.1 Å². The van der Waals surface area contributed by atoms with Gasteiger partial charge < -0.3 is 9.73 Å². The molecule has 0 radical (unpaired) electrons. The Morgan fingerprint density at radius 1 is 0.875 bits per heavy atom. The fourth-order valence-electron chi connectivity index (χ4n) is 5.53. The van der Waals surface area contributed by atoms with Gasteiger partial charge in [0.05, 0.1) is 33.7 Å². The van der Waals surface area contributed by atoms with Gasteiger partial charge in [-0.15, -0.1) is 0 Å². The molecule has 5 aromatic rings. The van der Waals surface area contributed by atoms with Crippen LogP contribution in [0.5, 0.6) is 0 Å². The van der Waals surface area contributed by atoms with Crippen LogP contribution in [-0.2, 0) is 20.9 Å². The summed E-state index contributed by atoms with van der Waals surface area (Å²) in [7, 11) is 0. The molecule has 7 rings (SSSR count). The number of rotatable bonds is 5. The fourth-order valence-corrected chi connectivity index (χ4v) is 8.28. The summed E-state index contributed by atoms with van der Waals surface area (Å²) in [5, 5.41) is 4.56. The maximum Gasteiger partial charge on any atom is 0.308 e. The van der Waals surface area contributed by atoms with Crippen LogP contribution >= 0.6 is 23.1 Å². The van der Waals surface area contributed by atoms with E-state index < -0.39 is 17.1 Å². The largest absolute Gasteiger partial charge is 0.469 e. The molecule has 40 heavy (non-hydrogen) atoms. The number of fused-ring (bicyclic) bond motifs is 3. The van der Waals surface area contributed by atoms with Gasteiger partial charge in [0.15, 0.2) is 0 Å². The number of carbonyl (C=O) groups is 3. The average Bonchev–Trinajstić information content (AvgIpc) is 3.66. The van der Waals surface area contributed by atoms with E-state index >= 15 is 0 Å². The number of nitrogens with zero attached hydrogens (tertiary/aromatic N) is 2. The molecular formula is C30H21N3O5S2. The molecule has 1 saturated heterocycles. The van der Waals surface area contributed by atoms with Crippen molar-refractivity contribution in [2.45, 2.75) is 22.7 Å². The molecule has 2 aliphatic heterocycles. The van der Waals surface area contributed by atoms with E-state index in [0.717, 1.165) is 22.1 Å². The number of hydrogen-bond donors (Lipinski definition) is 1. The molecule has 0 saturated carbocycles. The number of anilines is 2. The first kappa shape index (κ1) is 24.6. The highest BCUT2D eigenvalue weighted by atomic mass is 32.2. The number of nitrogens with one attached hydrogen (secondary N) is 1. The maximum atomic E-state index is 13.8. The van der Waals surface area contributed by atoms with Crippen LogP contribution in [0.1, 0.15) is 16.6 Å². The van der Waals surface area contributed by atoms with Gasteiger partial charge in [0.2, 0.25) is 17.7 Å². The number of amides is 3. The van der Waals surface area contributed by atoms with Gasteiger partial charge in [-0.2, -0.15) is 0 Å². The second-order valence-corrected chi connectivity index (χ2v) is 11.7. The minimum Gasteiger partial charge on any atom is -0.469 e. The summed E-state index contributed by atoms with van der Waals surface area (Å²) < 4.78 is 7.14. The second-order valence-electron chi connectivity index (χ2n) is 9.60. The molecule has 10 heteroatoms. The third-order valence-electron chi connectivity index (χ3n) is 7.28. The molecule has 3 atom stereocenters. The molecule has 2 aromatic heterocycles. The number of thiazole rings is 1. The van der Waals surface area contributed by atoms with Crippen LogP contribution in [0.25, 0.3) is 10.8 Å². The van der Waals surface area contributed by atoms with Gasteiger partial charge in [-0.25, -0.2) is 4.90 Å². The Balaban J connectivity index is 1.26. The molecule has 1 N–H and O–H groups in total. The van der Waals surface area contributed by atoms with E-state index in [-0.39, 0.29) is 29.1 Å². The molecule has 0 bridgehead atoms. The third-order valence-corrected chi connectivity index (χ3v) is 9.88. The summed E-state index contributed by atoms with van der Waals surface area (Å²) in [5.41, 5.74) is 1.15. The molecule has 2 unspecified atom stereocenters. The highest BCUT2D eigenvalue weighted by Crippen LogP contribution is 2.53. The minimum absolute atomic E-state index is 0.228. The van der Waals surface area contributed by atoms with Gasteiger partial charge in [0.1, 0.15) is 17.6 Å². The number of carbonyl (C=O) groups excluding carboxylic acids is 3. The monoisotopic (exact) mass is 567 g/mol. The first-order chi connectivity index (χ1) is 19.5. The number of furan rings is 1. The van der Waals surface area contributed by atoms with E-state index in [9.17, 15) is 19.2 Å². The molecule has 0 spiro atoms. The summed E-state index contributed by atoms with van der Waals surface area (Å²) >= 11 is 2.16. The molecule has 1 fully saturated rings. The average molecular weight is 568 g/mol. The lowest BCUT2D eigenvalue weighted by Crippen LogP contribution is -2.32. The van der Waals surface area contributed by atoms with Crippen molar-refractivity contribution in [2.24, 2.45) is 5.92 Å². The number of hydrogen-bond acceptors (Lipinski definition) is 7. The van der Waals surface area contributed by atoms with Gasteiger partial charge in [-0.05, 0) is 35.7 Å². The first-order valence-electron chi connectivity index (χ1n) is 12.7. The van der Waals surface area contributed by atoms with Gasteiger partial charge >= 0.3 is 4.87 Å². The SMILES string of the molecule is O=C(Cn1c2c(sc1=O)[C@H](c1ccco1)C1C(=O)N(c3ccccc3)C(=O)C1S2)Nc1cccc2ccccc12. The van der Waals surface area contributed by atoms with Crippen LogP contribution in [0, 0.1) is 5.92 Å². The van der Waals surface area contributed by atoms with Gasteiger partial charge in [0.25, 0.3) is 0 Å². The molecule has 198 valence electrons. The highest BCUT2D eigenvalue weighted by Gasteiger charge is 2.57. The van der Waals surface area contributed by atoms with Crippen molar-refractivity contribution in [3.8, 4) is 0 Å². The molecule has 8 nitrogen and oxygen atoms in total. The zero-order valence-electron chi connectivity index (χ0n) is 20.9. The Labute approximate surface area is 236 Å². The number of benzene rings is 3. The lowest BCUT2D eigenvalue weighted by atomic mass is 9.87. The van der Waals surface area contributed by atoms with Crippen LogP contribution in [0.15, 0.2) is 105 Å². The zero-order valence-corrected chi connectivity index (χ0v) is 22.5. The number of imide groups is 1. The lowest BCUT2D eigenvalue weighted by molar-refractivity contribution is -0.122. The van der Waals surface area contributed by atoms with Crippen molar-refractivity contribution in [1.82, 2.24) is 4.57 Å². The highest BCUT2D eigenvalue weighted by molar-refractivity contribution is 8.00. The second kappa shape index (κ2) is 9.65. The lowest BCUT2D eigenvalue weighted by Gasteiger charge is -2.29. The normalized spacial score (nSPS) is 20.0. The predicted molar refractivity (Wildman–Crippen MR) is 154 cm³/mol. The minimum atomic E-state index is -0.767. The van der Waals surface area contributed by atoms with E-state index in [2.05, 4.69) is 5.32 Å². The smallest absolute Gasteiger partial charge is 0.308 e. The topological polar surface area (TPSA) is 102 Å². The van der Waals surface area contributed by atoms with Crippen molar-refractivity contribution in [3.63, 3.8) is 0 Å². The van der Waals surface area contributed by atoms with Crippen molar-refractivity contribution < 1.29 is 18.8 Å². The van der Waals surface area contributed by atoms with Crippen molar-refractivity contribution in [1.29, 1.82) is 0 Å². The Morgan fingerprint density at radius 3 is 2.45 bits per heavy atom. The van der Waals surface area contributed by atoms with Crippen LogP contribution in [0.3, 0.4) is 0 Å². The summed E-state index contributed by atoms with van der Waals surface area (Å²) in [5.74, 6) is -1.91. The van der Waals surface area contributed by atoms with Crippen molar-refractivity contribution >= 4 is 63.0 Å². The zero-order chi connectivity index (χ0) is 27.4. The number of aromatic nitrogens is 1. The Bertz CT molecular complexity index is 1840. The maximum absolute atomic E-state index is 13.8. The third kappa shape index (κ3) is 3.90. The first-order valence-corrected chi connectivity index (χ1v) is 14.3. The van der Waals surface area contributed by atoms with Gasteiger partial charge in [-0.1, -0.05) is 77.7 Å². The summed E-state index contributed by atoms with van der Waals surface area (Å²) in [4.78, 5) is 55.4. The predicted octanol–water partition coefficient (Wildman–Crippen LogP) is 5.09. The number of para-hydroxylation sites is 1. The number of thioether (sulfide) groups is 1. The molecule has 0 aliphatic carbocycles. The van der Waals surface area contributed by atoms with Crippen LogP contribution < -0.4 is 15.1 Å².